The first kappa shape index (κ1) is 14.5. The van der Waals surface area contributed by atoms with E-state index in [0.29, 0.717) is 6.42 Å². The first-order chi connectivity index (χ1) is 9.58. The molecule has 0 bridgehead atoms. The molecule has 0 unspecified atom stereocenters. The lowest BCUT2D eigenvalue weighted by Gasteiger charge is -2.20. The summed E-state index contributed by atoms with van der Waals surface area (Å²) in [6.07, 6.45) is -0.820. The Bertz CT molecular complexity index is 616. The van der Waals surface area contributed by atoms with E-state index >= 15 is 0 Å². The molecule has 8 nitrogen and oxygen atoms in total. The monoisotopic (exact) mass is 281 g/mol. The molecular weight excluding hydrogens is 266 g/mol. The van der Waals surface area contributed by atoms with Crippen LogP contribution in [0.25, 0.3) is 0 Å². The van der Waals surface area contributed by atoms with Crippen molar-refractivity contribution in [2.45, 2.75) is 31.3 Å². The van der Waals surface area contributed by atoms with Crippen molar-refractivity contribution in [3.63, 3.8) is 0 Å². The lowest BCUT2D eigenvalue weighted by molar-refractivity contribution is -0.0482. The van der Waals surface area contributed by atoms with E-state index in [2.05, 4.69) is 4.98 Å². The molecule has 2 heterocycles. The minimum atomic E-state index is -0.975. The number of nitrogens with zero attached hydrogens (tertiary/aromatic N) is 2. The van der Waals surface area contributed by atoms with Crippen LogP contribution in [0.4, 0.5) is 0 Å². The molecule has 1 fully saturated rings. The van der Waals surface area contributed by atoms with E-state index in [0.717, 1.165) is 4.57 Å². The van der Waals surface area contributed by atoms with Gasteiger partial charge in [-0.3, -0.25) is 14.3 Å². The standard InChI is InChI=1S/C12H15N3O5/c13-4-1-2-7-10(18)8(6-16)20-11(7)15-5-3-9(17)14-12(15)19/h3,5,7-8,10-11,16,18H,1-2,6H2,(H,14,17,19)/t7-,8+,10-,11+/m0/s1. The van der Waals surface area contributed by atoms with E-state index in [9.17, 15) is 14.7 Å². The lowest BCUT2D eigenvalue weighted by Crippen LogP contribution is -2.34. The lowest BCUT2D eigenvalue weighted by atomic mass is 9.95. The van der Waals surface area contributed by atoms with Crippen LogP contribution in [-0.4, -0.2) is 38.6 Å². The molecule has 1 aliphatic heterocycles. The summed E-state index contributed by atoms with van der Waals surface area (Å²) in [6, 6.07) is 3.14. The summed E-state index contributed by atoms with van der Waals surface area (Å²) < 4.78 is 6.63. The van der Waals surface area contributed by atoms with E-state index in [-0.39, 0.29) is 6.42 Å². The van der Waals surface area contributed by atoms with E-state index in [4.69, 9.17) is 15.1 Å². The van der Waals surface area contributed by atoms with E-state index in [1.54, 1.807) is 0 Å². The number of nitrogens with one attached hydrogen (secondary N) is 1. The zero-order valence-corrected chi connectivity index (χ0v) is 10.6. The summed E-state index contributed by atoms with van der Waals surface area (Å²) in [6.45, 7) is -0.390. The second-order valence-corrected chi connectivity index (χ2v) is 4.62. The Hall–Kier alpha value is -1.95. The molecule has 0 aliphatic carbocycles. The van der Waals surface area contributed by atoms with Gasteiger partial charge in [-0.2, -0.15) is 5.26 Å². The quantitative estimate of drug-likeness (QED) is 0.629. The van der Waals surface area contributed by atoms with Crippen molar-refractivity contribution in [3.8, 4) is 6.07 Å². The minimum absolute atomic E-state index is 0.192. The predicted molar refractivity (Wildman–Crippen MR) is 66.7 cm³/mol. The molecule has 2 rings (SSSR count). The number of rotatable bonds is 4. The van der Waals surface area contributed by atoms with Crippen LogP contribution in [0, 0.1) is 17.2 Å². The van der Waals surface area contributed by atoms with Crippen LogP contribution in [0.1, 0.15) is 19.1 Å². The molecule has 4 atom stereocenters. The van der Waals surface area contributed by atoms with Crippen LogP contribution < -0.4 is 11.2 Å². The number of aromatic nitrogens is 2. The van der Waals surface area contributed by atoms with Crippen molar-refractivity contribution < 1.29 is 14.9 Å². The zero-order chi connectivity index (χ0) is 14.7. The SMILES string of the molecule is N#CCC[C@H]1[C@H](O)[C@@H](CO)O[C@H]1n1ccc(=O)[nH]c1=O. The van der Waals surface area contributed by atoms with Gasteiger partial charge in [0.05, 0.1) is 18.8 Å². The summed E-state index contributed by atoms with van der Waals surface area (Å²) in [5.41, 5.74) is -1.19. The van der Waals surface area contributed by atoms with Gasteiger partial charge in [0.15, 0.2) is 0 Å². The third-order valence-electron chi connectivity index (χ3n) is 3.39. The van der Waals surface area contributed by atoms with Crippen LogP contribution in [-0.2, 0) is 4.74 Å². The van der Waals surface area contributed by atoms with Gasteiger partial charge in [0.1, 0.15) is 12.3 Å². The summed E-state index contributed by atoms with van der Waals surface area (Å²) in [7, 11) is 0. The molecule has 1 aromatic rings. The van der Waals surface area contributed by atoms with Gasteiger partial charge >= 0.3 is 5.69 Å². The largest absolute Gasteiger partial charge is 0.394 e. The number of hydrogen-bond donors (Lipinski definition) is 3. The predicted octanol–water partition coefficient (Wildman–Crippen LogP) is -1.29. The van der Waals surface area contributed by atoms with Gasteiger partial charge in [-0.05, 0) is 6.42 Å². The second kappa shape index (κ2) is 6.00. The normalized spacial score (nSPS) is 29.2. The molecule has 8 heteroatoms. The molecule has 1 saturated heterocycles. The molecule has 3 N–H and O–H groups in total. The first-order valence-corrected chi connectivity index (χ1v) is 6.21. The fourth-order valence-electron chi connectivity index (χ4n) is 2.40. The molecule has 0 amide bonds. The maximum Gasteiger partial charge on any atom is 0.330 e. The molecule has 1 aliphatic rings. The van der Waals surface area contributed by atoms with Crippen LogP contribution in [0.3, 0.4) is 0 Å². The molecule has 108 valence electrons. The third kappa shape index (κ3) is 2.65. The summed E-state index contributed by atoms with van der Waals surface area (Å²) in [5.74, 6) is -0.504. The van der Waals surface area contributed by atoms with Crippen molar-refractivity contribution in [2.75, 3.05) is 6.61 Å². The molecule has 0 radical (unpaired) electrons. The van der Waals surface area contributed by atoms with Gasteiger partial charge in [-0.25, -0.2) is 4.79 Å². The summed E-state index contributed by atoms with van der Waals surface area (Å²) in [5, 5.41) is 27.9. The van der Waals surface area contributed by atoms with E-state index < -0.39 is 42.2 Å². The molecule has 20 heavy (non-hydrogen) atoms. The Kier molecular flexibility index (Phi) is 4.34. The van der Waals surface area contributed by atoms with Crippen LogP contribution in [0.2, 0.25) is 0 Å². The van der Waals surface area contributed by atoms with Gasteiger partial charge in [0, 0.05) is 24.6 Å². The molecule has 0 saturated carbocycles. The summed E-state index contributed by atoms with van der Waals surface area (Å²) >= 11 is 0. The maximum atomic E-state index is 11.8. The topological polar surface area (TPSA) is 128 Å². The first-order valence-electron chi connectivity index (χ1n) is 6.21. The van der Waals surface area contributed by atoms with Gasteiger partial charge in [-0.1, -0.05) is 0 Å². The van der Waals surface area contributed by atoms with Crippen LogP contribution in [0.15, 0.2) is 21.9 Å². The van der Waals surface area contributed by atoms with Crippen LogP contribution >= 0.6 is 0 Å². The molecule has 1 aromatic heterocycles. The highest BCUT2D eigenvalue weighted by atomic mass is 16.5. The summed E-state index contributed by atoms with van der Waals surface area (Å²) in [4.78, 5) is 24.9. The Morgan fingerprint density at radius 3 is 2.85 bits per heavy atom. The Morgan fingerprint density at radius 2 is 2.25 bits per heavy atom. The minimum Gasteiger partial charge on any atom is -0.394 e. The average molecular weight is 281 g/mol. The van der Waals surface area contributed by atoms with Gasteiger partial charge in [-0.15, -0.1) is 0 Å². The highest BCUT2D eigenvalue weighted by molar-refractivity contribution is 4.93. The highest BCUT2D eigenvalue weighted by Gasteiger charge is 2.44. The third-order valence-corrected chi connectivity index (χ3v) is 3.39. The van der Waals surface area contributed by atoms with Crippen molar-refractivity contribution >= 4 is 0 Å². The van der Waals surface area contributed by atoms with E-state index in [1.807, 2.05) is 6.07 Å². The Labute approximate surface area is 113 Å². The number of ether oxygens (including phenoxy) is 1. The van der Waals surface area contributed by atoms with E-state index in [1.165, 1.54) is 12.3 Å². The van der Waals surface area contributed by atoms with Crippen molar-refractivity contribution in [1.29, 1.82) is 5.26 Å². The smallest absolute Gasteiger partial charge is 0.330 e. The fraction of sp³-hybridized carbons (Fsp3) is 0.583. The maximum absolute atomic E-state index is 11.8. The van der Waals surface area contributed by atoms with Crippen molar-refractivity contribution in [2.24, 2.45) is 5.92 Å². The number of aromatic amines is 1. The second-order valence-electron chi connectivity index (χ2n) is 4.62. The van der Waals surface area contributed by atoms with Crippen molar-refractivity contribution in [1.82, 2.24) is 9.55 Å². The van der Waals surface area contributed by atoms with Gasteiger partial charge in [0.25, 0.3) is 5.56 Å². The van der Waals surface area contributed by atoms with Crippen molar-refractivity contribution in [3.05, 3.63) is 33.1 Å². The molecule has 0 spiro atoms. The number of nitriles is 1. The number of hydrogen-bond acceptors (Lipinski definition) is 6. The fourth-order valence-corrected chi connectivity index (χ4v) is 2.40. The number of aliphatic hydroxyl groups is 2. The van der Waals surface area contributed by atoms with Crippen LogP contribution in [0.5, 0.6) is 0 Å². The Balaban J connectivity index is 2.34. The molecule has 0 aromatic carbocycles. The van der Waals surface area contributed by atoms with Gasteiger partial charge < -0.3 is 14.9 Å². The Morgan fingerprint density at radius 1 is 1.50 bits per heavy atom. The number of H-pyrrole nitrogens is 1. The van der Waals surface area contributed by atoms with Gasteiger partial charge in [0.2, 0.25) is 0 Å². The molecular formula is C12H15N3O5. The zero-order valence-electron chi connectivity index (χ0n) is 10.6. The average Bonchev–Trinajstić information content (AvgIpc) is 2.73. The highest BCUT2D eigenvalue weighted by Crippen LogP contribution is 2.36. The number of aliphatic hydroxyl groups excluding tert-OH is 2.